The predicted octanol–water partition coefficient (Wildman–Crippen LogP) is -0.185. The number of rotatable bonds is 9. The standard InChI is InChI=1S/C11H19ClN3O13P3/c1-2-11(5-25-30(21,22)28-31(23,24)27-29(18,19)20)8(16)7(12)9(26-11)15-4-3-6(13)14-10(15)17/h3-4,7-9,16H,2,5H2,1H3,(H,21,22)(H,23,24)(H2,13,14,17)(H2,18,19,20)/t7-,8+,9-,11-/m1/s1. The zero-order chi connectivity index (χ0) is 23.8. The summed E-state index contributed by atoms with van der Waals surface area (Å²) in [6, 6.07) is 1.26. The van der Waals surface area contributed by atoms with Crippen LogP contribution in [-0.2, 0) is 31.6 Å². The van der Waals surface area contributed by atoms with E-state index >= 15 is 0 Å². The average molecular weight is 530 g/mol. The van der Waals surface area contributed by atoms with Crippen LogP contribution in [0.15, 0.2) is 17.1 Å². The van der Waals surface area contributed by atoms with Crippen LogP contribution < -0.4 is 11.4 Å². The highest BCUT2D eigenvalue weighted by atomic mass is 35.5. The van der Waals surface area contributed by atoms with Crippen molar-refractivity contribution < 1.29 is 56.3 Å². The van der Waals surface area contributed by atoms with Gasteiger partial charge in [-0.15, -0.1) is 11.6 Å². The van der Waals surface area contributed by atoms with Gasteiger partial charge in [0.2, 0.25) is 0 Å². The number of alkyl halides is 1. The number of aliphatic hydroxyl groups is 1. The fourth-order valence-corrected chi connectivity index (χ4v) is 6.14. The molecule has 31 heavy (non-hydrogen) atoms. The third-order valence-electron chi connectivity index (χ3n) is 4.08. The molecule has 2 unspecified atom stereocenters. The Bertz CT molecular complexity index is 1020. The molecule has 1 aromatic rings. The molecule has 0 radical (unpaired) electrons. The molecule has 0 aromatic carbocycles. The number of phosphoric acid groups is 3. The van der Waals surface area contributed by atoms with Crippen LogP contribution in [0.25, 0.3) is 0 Å². The quantitative estimate of drug-likeness (QED) is 0.179. The van der Waals surface area contributed by atoms with Gasteiger partial charge in [-0.1, -0.05) is 6.92 Å². The summed E-state index contributed by atoms with van der Waals surface area (Å²) in [6.45, 7) is 0.519. The SMILES string of the molecule is CC[C@]1(COP(=O)(O)OP(=O)(O)OP(=O)(O)O)O[C@@H](n2ccc(N)nc2=O)[C@H](Cl)[C@@H]1O. The van der Waals surface area contributed by atoms with Gasteiger partial charge in [-0.25, -0.2) is 18.5 Å². The van der Waals surface area contributed by atoms with Crippen LogP contribution >= 0.6 is 35.1 Å². The molecule has 16 nitrogen and oxygen atoms in total. The van der Waals surface area contributed by atoms with E-state index in [2.05, 4.69) is 18.1 Å². The van der Waals surface area contributed by atoms with Crippen LogP contribution in [0.4, 0.5) is 5.82 Å². The molecule has 1 fully saturated rings. The van der Waals surface area contributed by atoms with E-state index in [1.165, 1.54) is 19.2 Å². The molecule has 7 N–H and O–H groups in total. The second-order valence-corrected chi connectivity index (χ2v) is 11.1. The lowest BCUT2D eigenvalue weighted by atomic mass is 9.94. The molecule has 0 spiro atoms. The van der Waals surface area contributed by atoms with E-state index in [1.807, 2.05) is 0 Å². The molecule has 178 valence electrons. The number of nitrogens with zero attached hydrogens (tertiary/aromatic N) is 2. The van der Waals surface area contributed by atoms with Gasteiger partial charge in [0.25, 0.3) is 0 Å². The van der Waals surface area contributed by atoms with Crippen molar-refractivity contribution in [1.29, 1.82) is 0 Å². The maximum Gasteiger partial charge on any atom is 0.490 e. The number of hydrogen-bond donors (Lipinski definition) is 6. The first kappa shape index (κ1) is 26.6. The number of hydrogen-bond acceptors (Lipinski definition) is 11. The van der Waals surface area contributed by atoms with Gasteiger partial charge in [-0.05, 0) is 12.5 Å². The van der Waals surface area contributed by atoms with Gasteiger partial charge in [0.1, 0.15) is 22.9 Å². The molecule has 0 bridgehead atoms. The van der Waals surface area contributed by atoms with E-state index in [1.54, 1.807) is 0 Å². The smallest absolute Gasteiger partial charge is 0.388 e. The molecular formula is C11H19ClN3O13P3. The molecule has 0 aliphatic carbocycles. The monoisotopic (exact) mass is 529 g/mol. The van der Waals surface area contributed by atoms with E-state index in [-0.39, 0.29) is 12.2 Å². The first-order valence-corrected chi connectivity index (χ1v) is 13.1. The Balaban J connectivity index is 2.20. The summed E-state index contributed by atoms with van der Waals surface area (Å²) in [6.07, 6.45) is -1.78. The van der Waals surface area contributed by atoms with E-state index in [0.717, 1.165) is 4.57 Å². The van der Waals surface area contributed by atoms with Gasteiger partial charge in [-0.3, -0.25) is 9.09 Å². The minimum atomic E-state index is -5.72. The van der Waals surface area contributed by atoms with Crippen molar-refractivity contribution in [3.63, 3.8) is 0 Å². The van der Waals surface area contributed by atoms with Gasteiger partial charge < -0.3 is 35.2 Å². The van der Waals surface area contributed by atoms with Gasteiger partial charge in [0, 0.05) is 6.20 Å². The minimum absolute atomic E-state index is 0.0830. The lowest BCUT2D eigenvalue weighted by Gasteiger charge is -2.31. The molecule has 1 aliphatic rings. The van der Waals surface area contributed by atoms with Crippen molar-refractivity contribution in [3.8, 4) is 0 Å². The topological polar surface area (TPSA) is 250 Å². The van der Waals surface area contributed by atoms with Crippen molar-refractivity contribution in [2.75, 3.05) is 12.3 Å². The van der Waals surface area contributed by atoms with Crippen molar-refractivity contribution in [1.82, 2.24) is 9.55 Å². The van der Waals surface area contributed by atoms with Crippen molar-refractivity contribution in [3.05, 3.63) is 22.7 Å². The van der Waals surface area contributed by atoms with Gasteiger partial charge in [0.15, 0.2) is 6.23 Å². The zero-order valence-corrected chi connectivity index (χ0v) is 18.9. The van der Waals surface area contributed by atoms with Gasteiger partial charge in [0.05, 0.1) is 6.61 Å². The number of aliphatic hydroxyl groups excluding tert-OH is 1. The first-order valence-electron chi connectivity index (χ1n) is 8.14. The molecular weight excluding hydrogens is 511 g/mol. The van der Waals surface area contributed by atoms with E-state index < -0.39 is 59.1 Å². The highest BCUT2D eigenvalue weighted by Gasteiger charge is 2.55. The molecule has 20 heteroatoms. The fourth-order valence-electron chi connectivity index (χ4n) is 2.66. The average Bonchev–Trinajstić information content (AvgIpc) is 2.82. The number of aromatic nitrogens is 2. The maximum absolute atomic E-state index is 12.0. The molecule has 6 atom stereocenters. The Hall–Kier alpha value is -0.700. The zero-order valence-electron chi connectivity index (χ0n) is 15.5. The Kier molecular flexibility index (Phi) is 7.94. The Morgan fingerprint density at radius 2 is 1.87 bits per heavy atom. The van der Waals surface area contributed by atoms with Crippen molar-refractivity contribution >= 4 is 40.9 Å². The van der Waals surface area contributed by atoms with Gasteiger partial charge >= 0.3 is 29.2 Å². The molecule has 1 aromatic heterocycles. The largest absolute Gasteiger partial charge is 0.490 e. The van der Waals surface area contributed by atoms with Crippen LogP contribution in [0.1, 0.15) is 19.6 Å². The molecule has 1 aliphatic heterocycles. The maximum atomic E-state index is 12.0. The third kappa shape index (κ3) is 6.65. The summed E-state index contributed by atoms with van der Waals surface area (Å²) in [5, 5.41) is 9.26. The number of nitrogen functional groups attached to an aromatic ring is 1. The fraction of sp³-hybridized carbons (Fsp3) is 0.636. The summed E-state index contributed by atoms with van der Waals surface area (Å²) in [7, 11) is -16.8. The van der Waals surface area contributed by atoms with Crippen LogP contribution in [0.3, 0.4) is 0 Å². The number of anilines is 1. The van der Waals surface area contributed by atoms with Crippen molar-refractivity contribution in [2.24, 2.45) is 0 Å². The minimum Gasteiger partial charge on any atom is -0.388 e. The van der Waals surface area contributed by atoms with Gasteiger partial charge in [-0.2, -0.15) is 13.6 Å². The summed E-state index contributed by atoms with van der Waals surface area (Å²) < 4.78 is 52.4. The molecule has 0 amide bonds. The van der Waals surface area contributed by atoms with E-state index in [9.17, 15) is 33.4 Å². The predicted molar refractivity (Wildman–Crippen MR) is 102 cm³/mol. The third-order valence-corrected chi connectivity index (χ3v) is 8.32. The highest BCUT2D eigenvalue weighted by Crippen LogP contribution is 2.66. The molecule has 2 rings (SSSR count). The second kappa shape index (κ2) is 9.27. The number of halogens is 1. The van der Waals surface area contributed by atoms with Crippen LogP contribution in [0.2, 0.25) is 0 Å². The normalized spacial score (nSPS) is 30.6. The Morgan fingerprint density at radius 1 is 1.26 bits per heavy atom. The van der Waals surface area contributed by atoms with Crippen LogP contribution in [-0.4, -0.2) is 57.9 Å². The van der Waals surface area contributed by atoms with Crippen LogP contribution in [0.5, 0.6) is 0 Å². The molecule has 0 saturated carbocycles. The first-order chi connectivity index (χ1) is 14.0. The van der Waals surface area contributed by atoms with E-state index in [4.69, 9.17) is 31.9 Å². The van der Waals surface area contributed by atoms with Crippen LogP contribution in [0, 0.1) is 0 Å². The second-order valence-electron chi connectivity index (χ2n) is 6.22. The molecule has 2 heterocycles. The Labute approximate surface area is 179 Å². The number of nitrogens with two attached hydrogens (primary N) is 1. The summed E-state index contributed by atoms with van der Waals surface area (Å²) in [4.78, 5) is 51.4. The van der Waals surface area contributed by atoms with E-state index in [0.29, 0.717) is 0 Å². The number of ether oxygens (including phenoxy) is 1. The summed E-state index contributed by atoms with van der Waals surface area (Å²) >= 11 is 6.16. The summed E-state index contributed by atoms with van der Waals surface area (Å²) in [5.41, 5.74) is 2.75. The lowest BCUT2D eigenvalue weighted by molar-refractivity contribution is -0.128. The summed E-state index contributed by atoms with van der Waals surface area (Å²) in [5.74, 6) is -0.0830. The highest BCUT2D eigenvalue weighted by molar-refractivity contribution is 7.66. The van der Waals surface area contributed by atoms with Crippen molar-refractivity contribution in [2.45, 2.75) is 36.7 Å². The number of phosphoric ester groups is 1. The Morgan fingerprint density at radius 3 is 2.39 bits per heavy atom. The lowest BCUT2D eigenvalue weighted by Crippen LogP contribution is -2.45. The molecule has 1 saturated heterocycles.